The first-order valence-electron chi connectivity index (χ1n) is 12.8. The predicted molar refractivity (Wildman–Crippen MR) is 148 cm³/mol. The van der Waals surface area contributed by atoms with Crippen LogP contribution in [0.15, 0.2) is 77.8 Å². The second kappa shape index (κ2) is 10.2. The van der Waals surface area contributed by atoms with Gasteiger partial charge in [0.25, 0.3) is 0 Å². The number of aromatic nitrogens is 1. The molecule has 0 saturated carbocycles. The highest BCUT2D eigenvalue weighted by Crippen LogP contribution is 2.38. The van der Waals surface area contributed by atoms with Crippen molar-refractivity contribution in [2.45, 2.75) is 50.7 Å². The van der Waals surface area contributed by atoms with Crippen LogP contribution >= 0.6 is 0 Å². The Hall–Kier alpha value is -3.29. The van der Waals surface area contributed by atoms with E-state index in [9.17, 15) is 8.42 Å². The highest BCUT2D eigenvalue weighted by Gasteiger charge is 2.34. The van der Waals surface area contributed by atoms with Gasteiger partial charge in [-0.1, -0.05) is 24.3 Å². The molecule has 37 heavy (non-hydrogen) atoms. The zero-order valence-corrected chi connectivity index (χ0v) is 22.7. The standard InChI is InChI=1S/C30H34N2O4S/c1-5-31-20-29(28-14-9-23(18-30(28)31)22-7-6-8-26(17-22)35-4)24-15-16-32(19-24)37(33,34)27-12-10-25(11-13-27)36-21(2)3/h6-14,17-18,20-21,24H,5,15-16,19H2,1-4H3. The van der Waals surface area contributed by atoms with Gasteiger partial charge in [0.05, 0.1) is 18.1 Å². The molecule has 4 aromatic rings. The van der Waals surface area contributed by atoms with Gasteiger partial charge in [0, 0.05) is 42.7 Å². The summed E-state index contributed by atoms with van der Waals surface area (Å²) in [7, 11) is -1.89. The maximum Gasteiger partial charge on any atom is 0.243 e. The summed E-state index contributed by atoms with van der Waals surface area (Å²) in [5.41, 5.74) is 4.62. The lowest BCUT2D eigenvalue weighted by Crippen LogP contribution is -2.28. The number of nitrogens with zero attached hydrogens (tertiary/aromatic N) is 2. The average molecular weight is 519 g/mol. The Labute approximate surface area is 219 Å². The Morgan fingerprint density at radius 1 is 0.973 bits per heavy atom. The minimum atomic E-state index is -3.57. The molecule has 3 aromatic carbocycles. The Bertz CT molecular complexity index is 1510. The van der Waals surface area contributed by atoms with Crippen LogP contribution in [0.4, 0.5) is 0 Å². The average Bonchev–Trinajstić information content (AvgIpc) is 3.54. The van der Waals surface area contributed by atoms with E-state index in [2.05, 4.69) is 42.0 Å². The van der Waals surface area contributed by atoms with Gasteiger partial charge < -0.3 is 14.0 Å². The van der Waals surface area contributed by atoms with E-state index >= 15 is 0 Å². The van der Waals surface area contributed by atoms with E-state index in [0.717, 1.165) is 29.8 Å². The molecule has 1 saturated heterocycles. The van der Waals surface area contributed by atoms with Crippen molar-refractivity contribution in [2.75, 3.05) is 20.2 Å². The first kappa shape index (κ1) is 25.4. The molecule has 1 aliphatic heterocycles. The maximum atomic E-state index is 13.4. The summed E-state index contributed by atoms with van der Waals surface area (Å²) in [6.45, 7) is 7.87. The van der Waals surface area contributed by atoms with Crippen molar-refractivity contribution in [3.05, 3.63) is 78.5 Å². The molecule has 7 heteroatoms. The van der Waals surface area contributed by atoms with Gasteiger partial charge in [-0.15, -0.1) is 0 Å². The second-order valence-electron chi connectivity index (χ2n) is 9.82. The van der Waals surface area contributed by atoms with Gasteiger partial charge in [-0.25, -0.2) is 8.42 Å². The van der Waals surface area contributed by atoms with Crippen LogP contribution in [0.3, 0.4) is 0 Å². The quantitative estimate of drug-likeness (QED) is 0.275. The lowest BCUT2D eigenvalue weighted by molar-refractivity contribution is 0.242. The third-order valence-corrected chi connectivity index (χ3v) is 8.96. The number of rotatable bonds is 8. The van der Waals surface area contributed by atoms with E-state index in [1.807, 2.05) is 32.0 Å². The van der Waals surface area contributed by atoms with Gasteiger partial charge >= 0.3 is 0 Å². The number of benzene rings is 3. The van der Waals surface area contributed by atoms with Crippen molar-refractivity contribution >= 4 is 20.9 Å². The molecule has 0 bridgehead atoms. The van der Waals surface area contributed by atoms with E-state index in [0.29, 0.717) is 23.7 Å². The summed E-state index contributed by atoms with van der Waals surface area (Å²) in [6, 6.07) is 21.4. The van der Waals surface area contributed by atoms with Gasteiger partial charge in [-0.05, 0) is 86.3 Å². The highest BCUT2D eigenvalue weighted by molar-refractivity contribution is 7.89. The van der Waals surface area contributed by atoms with Crippen molar-refractivity contribution < 1.29 is 17.9 Å². The van der Waals surface area contributed by atoms with Gasteiger partial charge in [-0.3, -0.25) is 0 Å². The molecule has 1 fully saturated rings. The van der Waals surface area contributed by atoms with Crippen LogP contribution in [0.2, 0.25) is 0 Å². The number of methoxy groups -OCH3 is 1. The topological polar surface area (TPSA) is 60.8 Å². The fourth-order valence-electron chi connectivity index (χ4n) is 5.20. The van der Waals surface area contributed by atoms with E-state index in [1.165, 1.54) is 16.5 Å². The molecule has 1 aliphatic rings. The minimum absolute atomic E-state index is 0.0404. The van der Waals surface area contributed by atoms with Crippen LogP contribution in [0.1, 0.15) is 38.7 Å². The zero-order valence-electron chi connectivity index (χ0n) is 21.8. The van der Waals surface area contributed by atoms with Gasteiger partial charge in [0.2, 0.25) is 10.0 Å². The van der Waals surface area contributed by atoms with Crippen LogP contribution in [0, 0.1) is 0 Å². The molecule has 6 nitrogen and oxygen atoms in total. The maximum absolute atomic E-state index is 13.4. The van der Waals surface area contributed by atoms with Crippen molar-refractivity contribution in [1.82, 2.24) is 8.87 Å². The third-order valence-electron chi connectivity index (χ3n) is 7.08. The summed E-state index contributed by atoms with van der Waals surface area (Å²) in [5, 5.41) is 1.19. The van der Waals surface area contributed by atoms with Crippen LogP contribution < -0.4 is 9.47 Å². The van der Waals surface area contributed by atoms with Gasteiger partial charge in [-0.2, -0.15) is 4.31 Å². The van der Waals surface area contributed by atoms with E-state index in [-0.39, 0.29) is 12.0 Å². The second-order valence-corrected chi connectivity index (χ2v) is 11.8. The summed E-state index contributed by atoms with van der Waals surface area (Å²) < 4.78 is 41.7. The molecule has 0 N–H and O–H groups in total. The lowest BCUT2D eigenvalue weighted by atomic mass is 9.96. The van der Waals surface area contributed by atoms with Crippen molar-refractivity contribution in [1.29, 1.82) is 0 Å². The number of hydrogen-bond acceptors (Lipinski definition) is 4. The lowest BCUT2D eigenvalue weighted by Gasteiger charge is -2.17. The summed E-state index contributed by atoms with van der Waals surface area (Å²) in [6.07, 6.45) is 3.05. The summed E-state index contributed by atoms with van der Waals surface area (Å²) in [5.74, 6) is 1.66. The molecule has 0 radical (unpaired) electrons. The van der Waals surface area contributed by atoms with Crippen molar-refractivity contribution in [3.8, 4) is 22.6 Å². The number of hydrogen-bond donors (Lipinski definition) is 0. The third kappa shape index (κ3) is 4.98. The first-order valence-corrected chi connectivity index (χ1v) is 14.3. The molecule has 0 aliphatic carbocycles. The predicted octanol–water partition coefficient (Wildman–Crippen LogP) is 6.30. The fraction of sp³-hybridized carbons (Fsp3) is 0.333. The minimum Gasteiger partial charge on any atom is -0.497 e. The van der Waals surface area contributed by atoms with E-state index < -0.39 is 10.0 Å². The molecule has 1 unspecified atom stereocenters. The molecule has 2 heterocycles. The molecule has 0 spiro atoms. The fourth-order valence-corrected chi connectivity index (χ4v) is 6.70. The zero-order chi connectivity index (χ0) is 26.2. The number of sulfonamides is 1. The highest BCUT2D eigenvalue weighted by atomic mass is 32.2. The summed E-state index contributed by atoms with van der Waals surface area (Å²) in [4.78, 5) is 0.308. The Morgan fingerprint density at radius 2 is 1.73 bits per heavy atom. The van der Waals surface area contributed by atoms with Crippen LogP contribution in [-0.2, 0) is 16.6 Å². The van der Waals surface area contributed by atoms with Crippen molar-refractivity contribution in [3.63, 3.8) is 0 Å². The Morgan fingerprint density at radius 3 is 2.43 bits per heavy atom. The van der Waals surface area contributed by atoms with Crippen LogP contribution in [0.25, 0.3) is 22.0 Å². The molecule has 1 atom stereocenters. The van der Waals surface area contributed by atoms with Crippen molar-refractivity contribution in [2.24, 2.45) is 0 Å². The number of ether oxygens (including phenoxy) is 2. The number of fused-ring (bicyclic) bond motifs is 1. The van der Waals surface area contributed by atoms with Gasteiger partial charge in [0.1, 0.15) is 11.5 Å². The number of aryl methyl sites for hydroxylation is 1. The molecule has 194 valence electrons. The summed E-state index contributed by atoms with van der Waals surface area (Å²) >= 11 is 0. The normalized spacial score (nSPS) is 16.5. The SMILES string of the molecule is CCn1cc(C2CCN(S(=O)(=O)c3ccc(OC(C)C)cc3)C2)c2ccc(-c3cccc(OC)c3)cc21. The Balaban J connectivity index is 1.41. The Kier molecular flexibility index (Phi) is 7.01. The van der Waals surface area contributed by atoms with E-state index in [1.54, 1.807) is 35.7 Å². The molecule has 0 amide bonds. The van der Waals surface area contributed by atoms with Gasteiger partial charge in [0.15, 0.2) is 0 Å². The van der Waals surface area contributed by atoms with E-state index in [4.69, 9.17) is 9.47 Å². The largest absolute Gasteiger partial charge is 0.497 e. The smallest absolute Gasteiger partial charge is 0.243 e. The molecule has 5 rings (SSSR count). The monoisotopic (exact) mass is 518 g/mol. The molecular weight excluding hydrogens is 484 g/mol. The van der Waals surface area contributed by atoms with Crippen LogP contribution in [0.5, 0.6) is 11.5 Å². The first-order chi connectivity index (χ1) is 17.8. The molecular formula is C30H34N2O4S. The van der Waals surface area contributed by atoms with Crippen LogP contribution in [-0.4, -0.2) is 43.6 Å². The molecule has 1 aromatic heterocycles.